The van der Waals surface area contributed by atoms with E-state index in [4.69, 9.17) is 0 Å². The van der Waals surface area contributed by atoms with Gasteiger partial charge in [0.05, 0.1) is 11.5 Å². The lowest BCUT2D eigenvalue weighted by molar-refractivity contribution is 0.288. The average molecular weight is 260 g/mol. The van der Waals surface area contributed by atoms with Crippen molar-refractivity contribution in [1.82, 2.24) is 10.2 Å². The van der Waals surface area contributed by atoms with Crippen LogP contribution in [0, 0.1) is 0 Å². The van der Waals surface area contributed by atoms with Gasteiger partial charge in [-0.2, -0.15) is 0 Å². The maximum atomic E-state index is 11.2. The molecule has 5 heteroatoms. The molecule has 0 amide bonds. The van der Waals surface area contributed by atoms with E-state index in [-0.39, 0.29) is 0 Å². The summed E-state index contributed by atoms with van der Waals surface area (Å²) >= 11 is 0. The summed E-state index contributed by atoms with van der Waals surface area (Å²) in [5, 5.41) is 3.51. The average Bonchev–Trinajstić information content (AvgIpc) is 3.09. The second-order valence-corrected chi connectivity index (χ2v) is 7.59. The smallest absolute Gasteiger partial charge is 0.152 e. The van der Waals surface area contributed by atoms with Gasteiger partial charge in [-0.15, -0.1) is 0 Å². The van der Waals surface area contributed by atoms with Gasteiger partial charge in [0.1, 0.15) is 0 Å². The first-order valence-corrected chi connectivity index (χ1v) is 8.64. The molecule has 1 aliphatic carbocycles. The van der Waals surface area contributed by atoms with E-state index in [2.05, 4.69) is 10.2 Å². The van der Waals surface area contributed by atoms with Gasteiger partial charge in [-0.3, -0.25) is 0 Å². The third-order valence-corrected chi connectivity index (χ3v) is 5.21. The second kappa shape index (κ2) is 6.16. The Labute approximate surface area is 105 Å². The monoisotopic (exact) mass is 260 g/mol. The van der Waals surface area contributed by atoms with Crippen molar-refractivity contribution in [1.29, 1.82) is 0 Å². The highest BCUT2D eigenvalue weighted by molar-refractivity contribution is 7.91. The molecule has 0 atom stereocenters. The van der Waals surface area contributed by atoms with Crippen molar-refractivity contribution in [2.45, 2.75) is 38.1 Å². The molecular weight excluding hydrogens is 236 g/mol. The molecule has 0 spiro atoms. The minimum absolute atomic E-state index is 0.357. The van der Waals surface area contributed by atoms with E-state index in [0.717, 1.165) is 32.2 Å². The van der Waals surface area contributed by atoms with Gasteiger partial charge in [-0.25, -0.2) is 8.42 Å². The largest absolute Gasteiger partial charge is 0.314 e. The summed E-state index contributed by atoms with van der Waals surface area (Å²) < 4.78 is 22.5. The summed E-state index contributed by atoms with van der Waals surface area (Å²) in [7, 11) is -2.71. The molecule has 17 heavy (non-hydrogen) atoms. The zero-order chi connectivity index (χ0) is 12.1. The molecule has 1 N–H and O–H groups in total. The fourth-order valence-electron chi connectivity index (χ4n) is 2.20. The van der Waals surface area contributed by atoms with Crippen LogP contribution in [-0.4, -0.2) is 57.0 Å². The molecule has 2 aliphatic rings. The Kier molecular flexibility index (Phi) is 4.82. The summed E-state index contributed by atoms with van der Waals surface area (Å²) in [5.74, 6) is 0.715. The number of hydrogen-bond donors (Lipinski definition) is 1. The highest BCUT2D eigenvalue weighted by Gasteiger charge is 2.21. The third kappa shape index (κ3) is 5.36. The molecule has 1 saturated heterocycles. The first-order valence-electron chi connectivity index (χ1n) is 6.82. The second-order valence-electron chi connectivity index (χ2n) is 5.28. The number of sulfone groups is 1. The maximum absolute atomic E-state index is 11.2. The van der Waals surface area contributed by atoms with Crippen LogP contribution in [-0.2, 0) is 9.84 Å². The zero-order valence-corrected chi connectivity index (χ0v) is 11.3. The molecule has 1 saturated carbocycles. The maximum Gasteiger partial charge on any atom is 0.152 e. The zero-order valence-electron chi connectivity index (χ0n) is 10.5. The molecule has 2 fully saturated rings. The van der Waals surface area contributed by atoms with Crippen molar-refractivity contribution < 1.29 is 8.42 Å². The predicted octanol–water partition coefficient (Wildman–Crippen LogP) is 0.639. The van der Waals surface area contributed by atoms with Gasteiger partial charge < -0.3 is 10.2 Å². The van der Waals surface area contributed by atoms with Crippen LogP contribution in [0.3, 0.4) is 0 Å². The first kappa shape index (κ1) is 13.3. The van der Waals surface area contributed by atoms with E-state index < -0.39 is 9.84 Å². The Balaban J connectivity index is 1.45. The van der Waals surface area contributed by atoms with E-state index in [1.54, 1.807) is 0 Å². The topological polar surface area (TPSA) is 49.4 Å². The van der Waals surface area contributed by atoms with Crippen molar-refractivity contribution >= 4 is 9.84 Å². The fraction of sp³-hybridized carbons (Fsp3) is 1.00. The van der Waals surface area contributed by atoms with Crippen molar-refractivity contribution in [3.63, 3.8) is 0 Å². The molecule has 2 rings (SSSR count). The molecule has 0 unspecified atom stereocenters. The Hall–Kier alpha value is -0.130. The van der Waals surface area contributed by atoms with Crippen LogP contribution in [0.4, 0.5) is 0 Å². The fourth-order valence-corrected chi connectivity index (χ4v) is 3.48. The Morgan fingerprint density at radius 3 is 2.41 bits per heavy atom. The standard InChI is InChI=1S/C12H24N2O2S/c15-17(16)10-8-14(9-11-17)7-3-1-2-6-13-12-4-5-12/h12-13H,1-11H2. The summed E-state index contributed by atoms with van der Waals surface area (Å²) in [6, 6.07) is 0.822. The summed E-state index contributed by atoms with van der Waals surface area (Å²) in [5.41, 5.74) is 0. The molecule has 0 radical (unpaired) electrons. The number of unbranched alkanes of at least 4 members (excludes halogenated alkanes) is 2. The van der Waals surface area contributed by atoms with Crippen molar-refractivity contribution in [2.24, 2.45) is 0 Å². The minimum atomic E-state index is -2.71. The van der Waals surface area contributed by atoms with E-state index in [9.17, 15) is 8.42 Å². The quantitative estimate of drug-likeness (QED) is 0.683. The van der Waals surface area contributed by atoms with E-state index in [1.807, 2.05) is 0 Å². The van der Waals surface area contributed by atoms with Gasteiger partial charge >= 0.3 is 0 Å². The molecule has 4 nitrogen and oxygen atoms in total. The summed E-state index contributed by atoms with van der Waals surface area (Å²) in [4.78, 5) is 2.29. The highest BCUT2D eigenvalue weighted by Crippen LogP contribution is 2.18. The normalized spacial score (nSPS) is 24.9. The molecule has 0 aromatic heterocycles. The van der Waals surface area contributed by atoms with Gasteiger partial charge in [0.25, 0.3) is 0 Å². The van der Waals surface area contributed by atoms with Crippen molar-refractivity contribution in [3.05, 3.63) is 0 Å². The summed E-state index contributed by atoms with van der Waals surface area (Å²) in [6.07, 6.45) is 6.43. The molecule has 0 bridgehead atoms. The SMILES string of the molecule is O=S1(=O)CCN(CCCCCNC2CC2)CC1. The summed E-state index contributed by atoms with van der Waals surface area (Å²) in [6.45, 7) is 3.70. The Bertz CT molecular complexity index is 311. The van der Waals surface area contributed by atoms with E-state index >= 15 is 0 Å². The lowest BCUT2D eigenvalue weighted by atomic mass is 10.2. The van der Waals surface area contributed by atoms with Crippen LogP contribution in [0.1, 0.15) is 32.1 Å². The van der Waals surface area contributed by atoms with E-state index in [0.29, 0.717) is 11.5 Å². The van der Waals surface area contributed by atoms with Crippen molar-refractivity contribution in [3.8, 4) is 0 Å². The number of nitrogens with zero attached hydrogens (tertiary/aromatic N) is 1. The highest BCUT2D eigenvalue weighted by atomic mass is 32.2. The van der Waals surface area contributed by atoms with Crippen LogP contribution in [0.15, 0.2) is 0 Å². The van der Waals surface area contributed by atoms with Gasteiger partial charge in [0.15, 0.2) is 9.84 Å². The Morgan fingerprint density at radius 1 is 1.06 bits per heavy atom. The molecule has 1 heterocycles. The first-order chi connectivity index (χ1) is 8.16. The van der Waals surface area contributed by atoms with Gasteiger partial charge in [0, 0.05) is 19.1 Å². The third-order valence-electron chi connectivity index (χ3n) is 3.60. The molecule has 0 aromatic carbocycles. The number of rotatable bonds is 7. The minimum Gasteiger partial charge on any atom is -0.314 e. The van der Waals surface area contributed by atoms with Crippen LogP contribution >= 0.6 is 0 Å². The Morgan fingerprint density at radius 2 is 1.76 bits per heavy atom. The molecule has 1 aliphatic heterocycles. The molecular formula is C12H24N2O2S. The lowest BCUT2D eigenvalue weighted by Crippen LogP contribution is -2.40. The van der Waals surface area contributed by atoms with Crippen LogP contribution in [0.25, 0.3) is 0 Å². The van der Waals surface area contributed by atoms with Crippen molar-refractivity contribution in [2.75, 3.05) is 37.7 Å². The van der Waals surface area contributed by atoms with Gasteiger partial charge in [0.2, 0.25) is 0 Å². The van der Waals surface area contributed by atoms with Crippen LogP contribution in [0.5, 0.6) is 0 Å². The number of nitrogens with one attached hydrogen (secondary N) is 1. The van der Waals surface area contributed by atoms with E-state index in [1.165, 1.54) is 32.1 Å². The van der Waals surface area contributed by atoms with Crippen LogP contribution in [0.2, 0.25) is 0 Å². The van der Waals surface area contributed by atoms with Crippen LogP contribution < -0.4 is 5.32 Å². The lowest BCUT2D eigenvalue weighted by Gasteiger charge is -2.26. The molecule has 0 aromatic rings. The van der Waals surface area contributed by atoms with Gasteiger partial charge in [-0.05, 0) is 38.8 Å². The predicted molar refractivity (Wildman–Crippen MR) is 70.0 cm³/mol. The van der Waals surface area contributed by atoms with Gasteiger partial charge in [-0.1, -0.05) is 6.42 Å². The number of hydrogen-bond acceptors (Lipinski definition) is 4. The molecule has 100 valence electrons.